The molecule has 7 nitrogen and oxygen atoms in total. The first-order chi connectivity index (χ1) is 15.2. The lowest BCUT2D eigenvalue weighted by molar-refractivity contribution is 0.0979. The smallest absolute Gasteiger partial charge is 0.279 e. The second-order valence-corrected chi connectivity index (χ2v) is 11.3. The Morgan fingerprint density at radius 2 is 1.91 bits per heavy atom. The Labute approximate surface area is 192 Å². The number of hydrogen-bond donors (Lipinski definition) is 0. The lowest BCUT2D eigenvalue weighted by Crippen LogP contribution is -2.34. The summed E-state index contributed by atoms with van der Waals surface area (Å²) in [6, 6.07) is 10.1. The molecular formula is C23H27N3O4S2. The molecule has 2 aromatic carbocycles. The molecule has 1 fully saturated rings. The van der Waals surface area contributed by atoms with Gasteiger partial charge < -0.3 is 9.30 Å². The number of carbonyl (C=O) groups is 1. The summed E-state index contributed by atoms with van der Waals surface area (Å²) < 4.78 is 35.5. The maximum atomic E-state index is 12.9. The minimum absolute atomic E-state index is 0.0657. The van der Waals surface area contributed by atoms with E-state index in [2.05, 4.69) is 31.0 Å². The third kappa shape index (κ3) is 4.43. The standard InChI is InChI=1S/C23H27N3O4S2/c1-15-12-20-21(13-16(15)2)31-23(26(20)4)24-22(27)17-7-9-19(10-8-17)32(28,29)25(3)14-18-6-5-11-30-18/h7-10,12-13,18H,5-6,11,14H2,1-4H3. The van der Waals surface area contributed by atoms with Gasteiger partial charge in [0.15, 0.2) is 4.80 Å². The highest BCUT2D eigenvalue weighted by molar-refractivity contribution is 7.89. The van der Waals surface area contributed by atoms with Gasteiger partial charge in [-0.25, -0.2) is 8.42 Å². The lowest BCUT2D eigenvalue weighted by Gasteiger charge is -2.20. The van der Waals surface area contributed by atoms with Crippen LogP contribution in [0.1, 0.15) is 34.3 Å². The van der Waals surface area contributed by atoms with Gasteiger partial charge in [0.1, 0.15) is 0 Å². The predicted octanol–water partition coefficient (Wildman–Crippen LogP) is 3.40. The number of likely N-dealkylation sites (N-methyl/N-ethyl adjacent to an activating group) is 1. The van der Waals surface area contributed by atoms with E-state index in [9.17, 15) is 13.2 Å². The van der Waals surface area contributed by atoms with Crippen LogP contribution in [0.15, 0.2) is 46.3 Å². The number of thiazole rings is 1. The highest BCUT2D eigenvalue weighted by Gasteiger charge is 2.26. The summed E-state index contributed by atoms with van der Waals surface area (Å²) in [4.78, 5) is 17.8. The number of rotatable bonds is 5. The largest absolute Gasteiger partial charge is 0.377 e. The minimum Gasteiger partial charge on any atom is -0.377 e. The highest BCUT2D eigenvalue weighted by atomic mass is 32.2. The zero-order chi connectivity index (χ0) is 23.0. The average Bonchev–Trinajstić information content (AvgIpc) is 3.37. The van der Waals surface area contributed by atoms with E-state index in [4.69, 9.17) is 4.74 Å². The van der Waals surface area contributed by atoms with Gasteiger partial charge in [-0.3, -0.25) is 4.79 Å². The maximum Gasteiger partial charge on any atom is 0.279 e. The zero-order valence-corrected chi connectivity index (χ0v) is 20.3. The number of hydrogen-bond acceptors (Lipinski definition) is 5. The molecule has 0 aliphatic carbocycles. The molecule has 170 valence electrons. The molecule has 0 bridgehead atoms. The number of carbonyl (C=O) groups excluding carboxylic acids is 1. The number of benzene rings is 2. The third-order valence-electron chi connectivity index (χ3n) is 5.92. The Kier molecular flexibility index (Phi) is 6.35. The summed E-state index contributed by atoms with van der Waals surface area (Å²) >= 11 is 1.46. The summed E-state index contributed by atoms with van der Waals surface area (Å²) in [5.41, 5.74) is 3.75. The van der Waals surface area contributed by atoms with Gasteiger partial charge in [0.25, 0.3) is 5.91 Å². The number of fused-ring (bicyclic) bond motifs is 1. The molecule has 32 heavy (non-hydrogen) atoms. The molecule has 0 N–H and O–H groups in total. The first kappa shape index (κ1) is 22.8. The van der Waals surface area contributed by atoms with Crippen LogP contribution in [0.4, 0.5) is 0 Å². The van der Waals surface area contributed by atoms with Crippen molar-refractivity contribution in [3.63, 3.8) is 0 Å². The zero-order valence-electron chi connectivity index (χ0n) is 18.7. The minimum atomic E-state index is -3.65. The fourth-order valence-electron chi connectivity index (χ4n) is 3.76. The Hall–Kier alpha value is -2.33. The van der Waals surface area contributed by atoms with Crippen LogP contribution in [0.25, 0.3) is 10.2 Å². The van der Waals surface area contributed by atoms with E-state index in [0.29, 0.717) is 23.5 Å². The van der Waals surface area contributed by atoms with Gasteiger partial charge in [-0.05, 0) is 74.2 Å². The monoisotopic (exact) mass is 473 g/mol. The van der Waals surface area contributed by atoms with Crippen molar-refractivity contribution in [1.82, 2.24) is 8.87 Å². The number of aryl methyl sites for hydroxylation is 3. The molecule has 3 aromatic rings. The first-order valence-corrected chi connectivity index (χ1v) is 12.8. The molecule has 1 unspecified atom stereocenters. The second-order valence-electron chi connectivity index (χ2n) is 8.21. The van der Waals surface area contributed by atoms with Crippen molar-refractivity contribution in [3.05, 3.63) is 57.9 Å². The molecule has 1 amide bonds. The molecule has 4 rings (SSSR count). The molecule has 1 atom stereocenters. The van der Waals surface area contributed by atoms with Crippen LogP contribution in [0, 0.1) is 13.8 Å². The van der Waals surface area contributed by atoms with Gasteiger partial charge in [0.2, 0.25) is 10.0 Å². The van der Waals surface area contributed by atoms with E-state index >= 15 is 0 Å². The van der Waals surface area contributed by atoms with E-state index in [0.717, 1.165) is 23.1 Å². The second kappa shape index (κ2) is 8.90. The van der Waals surface area contributed by atoms with Gasteiger partial charge in [-0.2, -0.15) is 9.30 Å². The van der Waals surface area contributed by atoms with Crippen molar-refractivity contribution in [2.24, 2.45) is 12.0 Å². The van der Waals surface area contributed by atoms with E-state index < -0.39 is 15.9 Å². The van der Waals surface area contributed by atoms with Crippen LogP contribution in [0.2, 0.25) is 0 Å². The van der Waals surface area contributed by atoms with E-state index in [1.807, 2.05) is 11.6 Å². The van der Waals surface area contributed by atoms with Crippen molar-refractivity contribution >= 4 is 37.5 Å². The predicted molar refractivity (Wildman–Crippen MR) is 125 cm³/mol. The van der Waals surface area contributed by atoms with Gasteiger partial charge in [-0.15, -0.1) is 0 Å². The van der Waals surface area contributed by atoms with Crippen molar-refractivity contribution in [2.45, 2.75) is 37.7 Å². The number of nitrogens with zero attached hydrogens (tertiary/aromatic N) is 3. The highest BCUT2D eigenvalue weighted by Crippen LogP contribution is 2.22. The van der Waals surface area contributed by atoms with E-state index in [1.165, 1.54) is 51.0 Å². The summed E-state index contributed by atoms with van der Waals surface area (Å²) in [5, 5.41) is 0. The van der Waals surface area contributed by atoms with Crippen molar-refractivity contribution in [1.29, 1.82) is 0 Å². The van der Waals surface area contributed by atoms with Crippen molar-refractivity contribution in [2.75, 3.05) is 20.2 Å². The van der Waals surface area contributed by atoms with Gasteiger partial charge >= 0.3 is 0 Å². The molecule has 1 saturated heterocycles. The Balaban J connectivity index is 1.57. The number of aromatic nitrogens is 1. The van der Waals surface area contributed by atoms with Crippen molar-refractivity contribution < 1.29 is 17.9 Å². The number of amides is 1. The molecule has 1 aromatic heterocycles. The molecule has 1 aliphatic rings. The van der Waals surface area contributed by atoms with Gasteiger partial charge in [0, 0.05) is 32.8 Å². The van der Waals surface area contributed by atoms with Gasteiger partial charge in [-0.1, -0.05) is 11.3 Å². The lowest BCUT2D eigenvalue weighted by atomic mass is 10.1. The molecular weight excluding hydrogens is 446 g/mol. The van der Waals surface area contributed by atoms with Crippen LogP contribution in [-0.2, 0) is 21.8 Å². The molecule has 9 heteroatoms. The Bertz CT molecular complexity index is 1330. The summed E-state index contributed by atoms with van der Waals surface area (Å²) in [6.07, 6.45) is 1.75. The molecule has 2 heterocycles. The first-order valence-electron chi connectivity index (χ1n) is 10.5. The molecule has 0 saturated carbocycles. The van der Waals surface area contributed by atoms with E-state index in [1.54, 1.807) is 7.05 Å². The Morgan fingerprint density at radius 1 is 1.22 bits per heavy atom. The maximum absolute atomic E-state index is 12.9. The fourth-order valence-corrected chi connectivity index (χ4v) is 6.06. The normalized spacial score (nSPS) is 17.5. The SMILES string of the molecule is Cc1cc2sc(=NC(=O)c3ccc(S(=O)(=O)N(C)CC4CCCO4)cc3)n(C)c2cc1C. The van der Waals surface area contributed by atoms with Gasteiger partial charge in [0.05, 0.1) is 21.2 Å². The van der Waals surface area contributed by atoms with Crippen LogP contribution in [0.3, 0.4) is 0 Å². The summed E-state index contributed by atoms with van der Waals surface area (Å²) in [5.74, 6) is -0.405. The average molecular weight is 474 g/mol. The van der Waals surface area contributed by atoms with E-state index in [-0.39, 0.29) is 11.0 Å². The topological polar surface area (TPSA) is 81.0 Å². The summed E-state index contributed by atoms with van der Waals surface area (Å²) in [6.45, 7) is 5.11. The quantitative estimate of drug-likeness (QED) is 0.569. The van der Waals surface area contributed by atoms with Crippen LogP contribution in [0.5, 0.6) is 0 Å². The molecule has 1 aliphatic heterocycles. The molecule has 0 radical (unpaired) electrons. The van der Waals surface area contributed by atoms with Crippen LogP contribution < -0.4 is 4.80 Å². The number of ether oxygens (including phenoxy) is 1. The molecule has 0 spiro atoms. The number of sulfonamides is 1. The van der Waals surface area contributed by atoms with Crippen LogP contribution in [-0.4, -0.2) is 49.5 Å². The Morgan fingerprint density at radius 3 is 2.56 bits per heavy atom. The fraction of sp³-hybridized carbons (Fsp3) is 0.391. The summed E-state index contributed by atoms with van der Waals surface area (Å²) in [7, 11) is -0.211. The third-order valence-corrected chi connectivity index (χ3v) is 8.85. The van der Waals surface area contributed by atoms with Crippen LogP contribution >= 0.6 is 11.3 Å². The van der Waals surface area contributed by atoms with Crippen molar-refractivity contribution in [3.8, 4) is 0 Å².